The number of hydrogen-bond donors (Lipinski definition) is 1. The molecule has 1 N–H and O–H groups in total. The number of esters is 1. The monoisotopic (exact) mass is 203 g/mol. The zero-order chi connectivity index (χ0) is 11.2. The molecule has 0 saturated carbocycles. The van der Waals surface area contributed by atoms with Crippen LogP contribution in [0.5, 0.6) is 0 Å². The van der Waals surface area contributed by atoms with E-state index in [9.17, 15) is 4.79 Å². The summed E-state index contributed by atoms with van der Waals surface area (Å²) in [5.74, 6) is -0.239. The van der Waals surface area contributed by atoms with Crippen molar-refractivity contribution in [2.75, 3.05) is 20.8 Å². The largest absolute Gasteiger partial charge is 0.468 e. The van der Waals surface area contributed by atoms with Crippen LogP contribution >= 0.6 is 0 Å². The van der Waals surface area contributed by atoms with E-state index in [-0.39, 0.29) is 17.6 Å². The summed E-state index contributed by atoms with van der Waals surface area (Å²) in [6.07, 6.45) is 0.601. The summed E-state index contributed by atoms with van der Waals surface area (Å²) in [6, 6.07) is -0.292. The fourth-order valence-electron chi connectivity index (χ4n) is 1.20. The van der Waals surface area contributed by atoms with Crippen molar-refractivity contribution in [3.8, 4) is 0 Å². The van der Waals surface area contributed by atoms with E-state index >= 15 is 0 Å². The first-order valence-corrected chi connectivity index (χ1v) is 4.83. The maximum Gasteiger partial charge on any atom is 0.322 e. The second-order valence-corrected chi connectivity index (χ2v) is 3.80. The van der Waals surface area contributed by atoms with Crippen molar-refractivity contribution in [1.82, 2.24) is 5.32 Å². The number of carbonyl (C=O) groups excluding carboxylic acids is 1. The maximum absolute atomic E-state index is 11.4. The van der Waals surface area contributed by atoms with Crippen molar-refractivity contribution in [2.45, 2.75) is 38.8 Å². The first-order valence-electron chi connectivity index (χ1n) is 4.83. The van der Waals surface area contributed by atoms with Gasteiger partial charge in [-0.15, -0.1) is 0 Å². The molecule has 0 heterocycles. The molecule has 4 nitrogen and oxygen atoms in total. The Bertz CT molecular complexity index is 180. The van der Waals surface area contributed by atoms with Crippen LogP contribution in [0.2, 0.25) is 0 Å². The predicted octanol–water partition coefficient (Wildman–Crippen LogP) is 0.953. The standard InChI is InChI=1S/C10H21NO3/c1-6-11-8(9(12)13-4)7-10(2,3)14-5/h8,11H,6-7H2,1-5H3. The summed E-state index contributed by atoms with van der Waals surface area (Å²) in [5.41, 5.74) is -0.318. The van der Waals surface area contributed by atoms with Crippen molar-refractivity contribution >= 4 is 5.97 Å². The molecular formula is C10H21NO3. The molecule has 1 unspecified atom stereocenters. The first-order chi connectivity index (χ1) is 6.46. The fraction of sp³-hybridized carbons (Fsp3) is 0.900. The zero-order valence-electron chi connectivity index (χ0n) is 9.72. The molecule has 0 aromatic heterocycles. The topological polar surface area (TPSA) is 47.6 Å². The molecule has 0 aromatic carbocycles. The number of rotatable bonds is 6. The predicted molar refractivity (Wildman–Crippen MR) is 55.2 cm³/mol. The van der Waals surface area contributed by atoms with E-state index in [0.717, 1.165) is 6.54 Å². The SMILES string of the molecule is CCNC(CC(C)(C)OC)C(=O)OC. The van der Waals surface area contributed by atoms with Crippen molar-refractivity contribution in [1.29, 1.82) is 0 Å². The van der Waals surface area contributed by atoms with E-state index in [4.69, 9.17) is 9.47 Å². The minimum atomic E-state index is -0.318. The highest BCUT2D eigenvalue weighted by Gasteiger charge is 2.27. The third kappa shape index (κ3) is 4.58. The Morgan fingerprint density at radius 1 is 1.43 bits per heavy atom. The summed E-state index contributed by atoms with van der Waals surface area (Å²) in [4.78, 5) is 11.4. The fourth-order valence-corrected chi connectivity index (χ4v) is 1.20. The summed E-state index contributed by atoms with van der Waals surface area (Å²) < 4.78 is 9.96. The van der Waals surface area contributed by atoms with Crippen LogP contribution in [-0.4, -0.2) is 38.4 Å². The van der Waals surface area contributed by atoms with Gasteiger partial charge >= 0.3 is 5.97 Å². The van der Waals surface area contributed by atoms with Gasteiger partial charge in [-0.3, -0.25) is 4.79 Å². The molecule has 0 aliphatic rings. The lowest BCUT2D eigenvalue weighted by Crippen LogP contribution is -2.43. The highest BCUT2D eigenvalue weighted by Crippen LogP contribution is 2.16. The van der Waals surface area contributed by atoms with E-state index in [1.165, 1.54) is 7.11 Å². The van der Waals surface area contributed by atoms with E-state index in [1.54, 1.807) is 7.11 Å². The van der Waals surface area contributed by atoms with Crippen molar-refractivity contribution in [3.63, 3.8) is 0 Å². The molecule has 0 bridgehead atoms. The average Bonchev–Trinajstić information content (AvgIpc) is 2.16. The van der Waals surface area contributed by atoms with Crippen LogP contribution in [0.4, 0.5) is 0 Å². The lowest BCUT2D eigenvalue weighted by molar-refractivity contribution is -0.145. The molecule has 0 aromatic rings. The summed E-state index contributed by atoms with van der Waals surface area (Å²) >= 11 is 0. The molecule has 0 spiro atoms. The Morgan fingerprint density at radius 3 is 2.36 bits per heavy atom. The third-order valence-corrected chi connectivity index (χ3v) is 2.18. The molecule has 0 aliphatic heterocycles. The average molecular weight is 203 g/mol. The van der Waals surface area contributed by atoms with Gasteiger partial charge < -0.3 is 14.8 Å². The van der Waals surface area contributed by atoms with Crippen LogP contribution < -0.4 is 5.32 Å². The highest BCUT2D eigenvalue weighted by molar-refractivity contribution is 5.75. The molecule has 0 amide bonds. The molecule has 84 valence electrons. The van der Waals surface area contributed by atoms with Gasteiger partial charge in [-0.05, 0) is 20.4 Å². The van der Waals surface area contributed by atoms with Crippen LogP contribution in [0.1, 0.15) is 27.2 Å². The van der Waals surface area contributed by atoms with Crippen LogP contribution in [0.25, 0.3) is 0 Å². The number of ether oxygens (including phenoxy) is 2. The molecule has 14 heavy (non-hydrogen) atoms. The maximum atomic E-state index is 11.4. The second kappa shape index (κ2) is 5.98. The highest BCUT2D eigenvalue weighted by atomic mass is 16.5. The van der Waals surface area contributed by atoms with E-state index in [0.29, 0.717) is 6.42 Å². The van der Waals surface area contributed by atoms with Gasteiger partial charge in [0.05, 0.1) is 12.7 Å². The van der Waals surface area contributed by atoms with E-state index in [2.05, 4.69) is 5.32 Å². The number of hydrogen-bond acceptors (Lipinski definition) is 4. The lowest BCUT2D eigenvalue weighted by atomic mass is 9.99. The van der Waals surface area contributed by atoms with Crippen molar-refractivity contribution < 1.29 is 14.3 Å². The molecule has 0 saturated heterocycles. The molecule has 0 aliphatic carbocycles. The van der Waals surface area contributed by atoms with Crippen LogP contribution in [0.3, 0.4) is 0 Å². The zero-order valence-corrected chi connectivity index (χ0v) is 9.72. The lowest BCUT2D eigenvalue weighted by Gasteiger charge is -2.27. The quantitative estimate of drug-likeness (QED) is 0.653. The smallest absolute Gasteiger partial charge is 0.322 e. The molecule has 0 fully saturated rings. The van der Waals surface area contributed by atoms with E-state index in [1.807, 2.05) is 20.8 Å². The molecule has 0 radical (unpaired) electrons. The van der Waals surface area contributed by atoms with Crippen molar-refractivity contribution in [2.24, 2.45) is 0 Å². The van der Waals surface area contributed by atoms with Gasteiger partial charge in [0.1, 0.15) is 6.04 Å². The Morgan fingerprint density at radius 2 is 2.00 bits per heavy atom. The van der Waals surface area contributed by atoms with Gasteiger partial charge in [-0.2, -0.15) is 0 Å². The first kappa shape index (κ1) is 13.4. The van der Waals surface area contributed by atoms with Crippen LogP contribution in [-0.2, 0) is 14.3 Å². The molecule has 4 heteroatoms. The number of methoxy groups -OCH3 is 2. The Balaban J connectivity index is 4.29. The second-order valence-electron chi connectivity index (χ2n) is 3.80. The Kier molecular flexibility index (Phi) is 5.72. The molecule has 1 atom stereocenters. The molecular weight excluding hydrogens is 182 g/mol. The van der Waals surface area contributed by atoms with Gasteiger partial charge in [-0.25, -0.2) is 0 Å². The van der Waals surface area contributed by atoms with Crippen molar-refractivity contribution in [3.05, 3.63) is 0 Å². The minimum Gasteiger partial charge on any atom is -0.468 e. The van der Waals surface area contributed by atoms with Gasteiger partial charge in [0.25, 0.3) is 0 Å². The van der Waals surface area contributed by atoms with E-state index < -0.39 is 0 Å². The number of nitrogens with one attached hydrogen (secondary N) is 1. The number of likely N-dealkylation sites (N-methyl/N-ethyl adjacent to an activating group) is 1. The molecule has 0 rings (SSSR count). The van der Waals surface area contributed by atoms with Gasteiger partial charge in [0.15, 0.2) is 0 Å². The third-order valence-electron chi connectivity index (χ3n) is 2.18. The minimum absolute atomic E-state index is 0.239. The van der Waals surface area contributed by atoms with Gasteiger partial charge in [-0.1, -0.05) is 6.92 Å². The van der Waals surface area contributed by atoms with Crippen LogP contribution in [0, 0.1) is 0 Å². The van der Waals surface area contributed by atoms with Gasteiger partial charge in [0.2, 0.25) is 0 Å². The normalized spacial score (nSPS) is 13.8. The summed E-state index contributed by atoms with van der Waals surface area (Å²) in [7, 11) is 3.03. The van der Waals surface area contributed by atoms with Gasteiger partial charge in [0, 0.05) is 13.5 Å². The Labute approximate surface area is 86.0 Å². The summed E-state index contributed by atoms with van der Waals surface area (Å²) in [6.45, 7) is 6.58. The van der Waals surface area contributed by atoms with Crippen LogP contribution in [0.15, 0.2) is 0 Å². The number of carbonyl (C=O) groups is 1. The Hall–Kier alpha value is -0.610. The summed E-state index contributed by atoms with van der Waals surface area (Å²) in [5, 5.41) is 3.07.